The Kier molecular flexibility index (Phi) is 3.43. The Morgan fingerprint density at radius 1 is 1.38 bits per heavy atom. The van der Waals surface area contributed by atoms with E-state index in [1.807, 2.05) is 23.4 Å². The maximum Gasteiger partial charge on any atom is 0.225 e. The Bertz CT molecular complexity index is 442. The van der Waals surface area contributed by atoms with Gasteiger partial charge in [0, 0.05) is 37.9 Å². The van der Waals surface area contributed by atoms with Crippen molar-refractivity contribution < 1.29 is 0 Å². The summed E-state index contributed by atoms with van der Waals surface area (Å²) in [6.45, 7) is 1.32. The Labute approximate surface area is 98.0 Å². The normalized spacial score (nSPS) is 10.4. The van der Waals surface area contributed by atoms with Gasteiger partial charge in [0.25, 0.3) is 0 Å². The highest BCUT2D eigenvalue weighted by Gasteiger charge is 2.07. The quantitative estimate of drug-likeness (QED) is 0.856. The number of thiazole rings is 1. The fourth-order valence-corrected chi connectivity index (χ4v) is 1.90. The zero-order valence-corrected chi connectivity index (χ0v) is 9.81. The molecule has 2 aromatic heterocycles. The molecule has 2 heterocycles. The summed E-state index contributed by atoms with van der Waals surface area (Å²) in [5, 5.41) is 2.84. The van der Waals surface area contributed by atoms with Gasteiger partial charge >= 0.3 is 0 Å². The van der Waals surface area contributed by atoms with Crippen LogP contribution in [0.25, 0.3) is 10.7 Å². The maximum absolute atomic E-state index is 5.49. The van der Waals surface area contributed by atoms with Crippen molar-refractivity contribution in [2.45, 2.75) is 0 Å². The van der Waals surface area contributed by atoms with Gasteiger partial charge in [0.2, 0.25) is 5.95 Å². The van der Waals surface area contributed by atoms with Crippen molar-refractivity contribution in [1.82, 2.24) is 15.0 Å². The van der Waals surface area contributed by atoms with Gasteiger partial charge in [0.15, 0.2) is 0 Å². The number of likely N-dealkylation sites (N-methyl/N-ethyl adjacent to an activating group) is 1. The molecule has 0 aliphatic rings. The van der Waals surface area contributed by atoms with E-state index in [1.165, 1.54) is 0 Å². The minimum atomic E-state index is 0.585. The van der Waals surface area contributed by atoms with Crippen molar-refractivity contribution in [3.8, 4) is 10.7 Å². The van der Waals surface area contributed by atoms with Crippen LogP contribution in [0.3, 0.4) is 0 Å². The molecule has 0 spiro atoms. The number of aromatic nitrogens is 3. The van der Waals surface area contributed by atoms with Crippen LogP contribution in [0.4, 0.5) is 5.95 Å². The maximum atomic E-state index is 5.49. The van der Waals surface area contributed by atoms with Crippen LogP contribution in [-0.4, -0.2) is 35.1 Å². The van der Waals surface area contributed by atoms with Gasteiger partial charge in [0.05, 0.1) is 0 Å². The number of anilines is 1. The second kappa shape index (κ2) is 5.00. The Morgan fingerprint density at radius 2 is 2.25 bits per heavy atom. The summed E-state index contributed by atoms with van der Waals surface area (Å²) >= 11 is 1.57. The summed E-state index contributed by atoms with van der Waals surface area (Å²) in [4.78, 5) is 14.8. The lowest BCUT2D eigenvalue weighted by Crippen LogP contribution is -2.26. The largest absolute Gasteiger partial charge is 0.343 e. The summed E-state index contributed by atoms with van der Waals surface area (Å²) in [7, 11) is 1.92. The van der Waals surface area contributed by atoms with Gasteiger partial charge in [-0.25, -0.2) is 15.0 Å². The van der Waals surface area contributed by atoms with Crippen LogP contribution in [0.15, 0.2) is 23.8 Å². The highest BCUT2D eigenvalue weighted by Crippen LogP contribution is 2.20. The first kappa shape index (κ1) is 11.0. The average molecular weight is 235 g/mol. The lowest BCUT2D eigenvalue weighted by molar-refractivity contribution is 0.846. The fraction of sp³-hybridized carbons (Fsp3) is 0.300. The number of hydrogen-bond donors (Lipinski definition) is 1. The van der Waals surface area contributed by atoms with Gasteiger partial charge < -0.3 is 10.6 Å². The number of nitrogens with zero attached hydrogens (tertiary/aromatic N) is 4. The molecule has 0 saturated carbocycles. The molecular formula is C10H13N5S. The molecule has 16 heavy (non-hydrogen) atoms. The van der Waals surface area contributed by atoms with Crippen molar-refractivity contribution in [3.05, 3.63) is 23.8 Å². The fourth-order valence-electron chi connectivity index (χ4n) is 1.30. The van der Waals surface area contributed by atoms with Crippen LogP contribution < -0.4 is 10.6 Å². The molecule has 0 aromatic carbocycles. The van der Waals surface area contributed by atoms with Gasteiger partial charge in [-0.15, -0.1) is 11.3 Å². The summed E-state index contributed by atoms with van der Waals surface area (Å²) < 4.78 is 0. The molecule has 0 radical (unpaired) electrons. The van der Waals surface area contributed by atoms with Crippen molar-refractivity contribution in [2.75, 3.05) is 25.0 Å². The van der Waals surface area contributed by atoms with Crippen LogP contribution >= 0.6 is 11.3 Å². The number of rotatable bonds is 4. The molecular weight excluding hydrogens is 222 g/mol. The van der Waals surface area contributed by atoms with Crippen molar-refractivity contribution in [2.24, 2.45) is 5.73 Å². The summed E-state index contributed by atoms with van der Waals surface area (Å²) in [6, 6.07) is 1.86. The Balaban J connectivity index is 2.26. The van der Waals surface area contributed by atoms with E-state index < -0.39 is 0 Å². The highest BCUT2D eigenvalue weighted by atomic mass is 32.1. The highest BCUT2D eigenvalue weighted by molar-refractivity contribution is 7.13. The van der Waals surface area contributed by atoms with Gasteiger partial charge in [-0.05, 0) is 6.07 Å². The molecule has 0 fully saturated rings. The van der Waals surface area contributed by atoms with E-state index >= 15 is 0 Å². The first-order chi connectivity index (χ1) is 7.81. The van der Waals surface area contributed by atoms with Crippen LogP contribution in [0, 0.1) is 0 Å². The molecule has 6 heteroatoms. The van der Waals surface area contributed by atoms with Crippen molar-refractivity contribution in [1.29, 1.82) is 0 Å². The summed E-state index contributed by atoms with van der Waals surface area (Å²) in [5.41, 5.74) is 6.34. The molecule has 0 saturated heterocycles. The lowest BCUT2D eigenvalue weighted by Gasteiger charge is -2.15. The topological polar surface area (TPSA) is 67.9 Å². The molecule has 84 valence electrons. The van der Waals surface area contributed by atoms with E-state index in [2.05, 4.69) is 15.0 Å². The summed E-state index contributed by atoms with van der Waals surface area (Å²) in [5.74, 6) is 0.679. The van der Waals surface area contributed by atoms with Gasteiger partial charge in [-0.3, -0.25) is 0 Å². The minimum Gasteiger partial charge on any atom is -0.343 e. The molecule has 0 bridgehead atoms. The van der Waals surface area contributed by atoms with E-state index in [-0.39, 0.29) is 0 Å². The molecule has 2 N–H and O–H groups in total. The van der Waals surface area contributed by atoms with Gasteiger partial charge in [-0.1, -0.05) is 0 Å². The van der Waals surface area contributed by atoms with E-state index in [0.29, 0.717) is 12.5 Å². The standard InChI is InChI=1S/C10H13N5S/c1-15(6-3-11)10-13-4-2-8(14-10)9-12-5-7-16-9/h2,4-5,7H,3,6,11H2,1H3. The zero-order chi connectivity index (χ0) is 11.4. The van der Waals surface area contributed by atoms with E-state index in [9.17, 15) is 0 Å². The van der Waals surface area contributed by atoms with Crippen molar-refractivity contribution in [3.63, 3.8) is 0 Å². The number of nitrogens with two attached hydrogens (primary N) is 1. The number of hydrogen-bond acceptors (Lipinski definition) is 6. The second-order valence-corrected chi connectivity index (χ2v) is 4.18. The van der Waals surface area contributed by atoms with Crippen LogP contribution in [0.1, 0.15) is 0 Å². The minimum absolute atomic E-state index is 0.585. The lowest BCUT2D eigenvalue weighted by atomic mass is 10.4. The first-order valence-electron chi connectivity index (χ1n) is 4.95. The third-order valence-electron chi connectivity index (χ3n) is 2.10. The molecule has 0 amide bonds. The monoisotopic (exact) mass is 235 g/mol. The van der Waals surface area contributed by atoms with E-state index in [0.717, 1.165) is 17.2 Å². The molecule has 5 nitrogen and oxygen atoms in total. The third kappa shape index (κ3) is 2.34. The second-order valence-electron chi connectivity index (χ2n) is 3.29. The predicted molar refractivity (Wildman–Crippen MR) is 65.5 cm³/mol. The van der Waals surface area contributed by atoms with Gasteiger partial charge in [0.1, 0.15) is 10.7 Å². The molecule has 0 unspecified atom stereocenters. The zero-order valence-electron chi connectivity index (χ0n) is 9.00. The SMILES string of the molecule is CN(CCN)c1nccc(-c2nccs2)n1. The predicted octanol–water partition coefficient (Wildman–Crippen LogP) is 0.995. The molecule has 2 aromatic rings. The van der Waals surface area contributed by atoms with Crippen LogP contribution in [0.5, 0.6) is 0 Å². The Morgan fingerprint density at radius 3 is 2.94 bits per heavy atom. The smallest absolute Gasteiger partial charge is 0.225 e. The molecule has 0 atom stereocenters. The van der Waals surface area contributed by atoms with Crippen LogP contribution in [0.2, 0.25) is 0 Å². The van der Waals surface area contributed by atoms with Crippen molar-refractivity contribution >= 4 is 17.3 Å². The van der Waals surface area contributed by atoms with E-state index in [4.69, 9.17) is 5.73 Å². The van der Waals surface area contributed by atoms with Crippen LogP contribution in [-0.2, 0) is 0 Å². The summed E-state index contributed by atoms with van der Waals surface area (Å²) in [6.07, 6.45) is 3.51. The van der Waals surface area contributed by atoms with Gasteiger partial charge in [-0.2, -0.15) is 0 Å². The third-order valence-corrected chi connectivity index (χ3v) is 2.90. The Hall–Kier alpha value is -1.53. The average Bonchev–Trinajstić information content (AvgIpc) is 2.83. The molecule has 0 aliphatic carbocycles. The molecule has 0 aliphatic heterocycles. The molecule has 2 rings (SSSR count). The van der Waals surface area contributed by atoms with E-state index in [1.54, 1.807) is 23.7 Å². The first-order valence-corrected chi connectivity index (χ1v) is 5.83.